The van der Waals surface area contributed by atoms with Crippen molar-refractivity contribution in [3.05, 3.63) is 54.6 Å². The number of anilines is 1. The molecule has 0 N–H and O–H groups in total. The van der Waals surface area contributed by atoms with E-state index in [2.05, 4.69) is 48.5 Å². The fourth-order valence-corrected chi connectivity index (χ4v) is 2.29. The molecule has 0 aliphatic heterocycles. The summed E-state index contributed by atoms with van der Waals surface area (Å²) in [5.74, 6) is 1.81. The van der Waals surface area contributed by atoms with Gasteiger partial charge in [-0.15, -0.1) is 0 Å². The molecule has 0 unspecified atom stereocenters. The monoisotopic (exact) mass is 469 g/mol. The molecule has 0 fully saturated rings. The van der Waals surface area contributed by atoms with Crippen LogP contribution in [0.3, 0.4) is 0 Å². The molecule has 0 aromatic heterocycles. The number of benzene rings is 1. The first-order chi connectivity index (χ1) is 12.3. The van der Waals surface area contributed by atoms with Crippen LogP contribution < -0.4 is 5.01 Å². The van der Waals surface area contributed by atoms with E-state index in [1.807, 2.05) is 60.5 Å². The fraction of sp³-hybridized carbons (Fsp3) is 0.400. The van der Waals surface area contributed by atoms with E-state index in [0.29, 0.717) is 0 Å². The molecule has 0 amide bonds. The number of para-hydroxylation sites is 1. The van der Waals surface area contributed by atoms with E-state index in [0.717, 1.165) is 29.6 Å². The predicted octanol–water partition coefficient (Wildman–Crippen LogP) is 6.26. The Kier molecular flexibility index (Phi) is 16.8. The lowest BCUT2D eigenvalue weighted by Gasteiger charge is -2.12. The Balaban J connectivity index is 0.00000277. The lowest BCUT2D eigenvalue weighted by molar-refractivity contribution is 0.681. The largest absolute Gasteiger partial charge is 0.293 e. The summed E-state index contributed by atoms with van der Waals surface area (Å²) in [7, 11) is 1.92. The molecule has 0 saturated carbocycles. The molecule has 5 heteroatoms. The zero-order valence-corrected chi connectivity index (χ0v) is 18.4. The standard InChI is InChI=1S/C19H26BrN3.CH3Br/c1-3-18(13-16-21-15-10-5-4-9-14-20)17-22-23(2)19-11-7-6-8-12-19;1-2/h3,6-8,11-13,16-17H,1,4-5,9-10,14-15H2,2H3;1H3/b18-13+,21-16?,22-17+;. The molecule has 0 atom stereocenters. The summed E-state index contributed by atoms with van der Waals surface area (Å²) in [5, 5.41) is 7.34. The molecule has 0 aliphatic carbocycles. The van der Waals surface area contributed by atoms with Crippen molar-refractivity contribution in [3.8, 4) is 0 Å². The maximum Gasteiger partial charge on any atom is 0.0590 e. The van der Waals surface area contributed by atoms with E-state index in [-0.39, 0.29) is 0 Å². The van der Waals surface area contributed by atoms with Crippen molar-refractivity contribution >= 4 is 50.0 Å². The highest BCUT2D eigenvalue weighted by molar-refractivity contribution is 9.09. The molecule has 0 radical (unpaired) electrons. The summed E-state index contributed by atoms with van der Waals surface area (Å²) in [5.41, 5.74) is 1.99. The highest BCUT2D eigenvalue weighted by atomic mass is 79.9. The number of rotatable bonds is 11. The normalized spacial score (nSPS) is 11.4. The summed E-state index contributed by atoms with van der Waals surface area (Å²) >= 11 is 6.38. The van der Waals surface area contributed by atoms with Gasteiger partial charge in [0.2, 0.25) is 0 Å². The topological polar surface area (TPSA) is 28.0 Å². The average molecular weight is 471 g/mol. The van der Waals surface area contributed by atoms with Gasteiger partial charge in [0.15, 0.2) is 0 Å². The van der Waals surface area contributed by atoms with Crippen LogP contribution >= 0.6 is 31.9 Å². The third-order valence-corrected chi connectivity index (χ3v) is 3.85. The van der Waals surface area contributed by atoms with Crippen molar-refractivity contribution in [1.29, 1.82) is 0 Å². The van der Waals surface area contributed by atoms with Crippen LogP contribution in [0, 0.1) is 0 Å². The molecule has 0 heterocycles. The molecule has 25 heavy (non-hydrogen) atoms. The number of unbranched alkanes of at least 4 members (excludes halogenated alkanes) is 3. The molecule has 138 valence electrons. The Morgan fingerprint density at radius 1 is 1.12 bits per heavy atom. The van der Waals surface area contributed by atoms with Crippen LogP contribution in [-0.4, -0.2) is 37.2 Å². The summed E-state index contributed by atoms with van der Waals surface area (Å²) in [6.45, 7) is 4.70. The zero-order chi connectivity index (χ0) is 18.8. The number of hydrazone groups is 1. The van der Waals surface area contributed by atoms with Crippen LogP contribution in [0.1, 0.15) is 25.7 Å². The number of alkyl halides is 2. The molecule has 3 nitrogen and oxygen atoms in total. The zero-order valence-electron chi connectivity index (χ0n) is 15.2. The lowest BCUT2D eigenvalue weighted by atomic mass is 10.2. The molecule has 0 spiro atoms. The molecule has 0 saturated heterocycles. The van der Waals surface area contributed by atoms with Crippen LogP contribution in [0.2, 0.25) is 0 Å². The molecule has 0 bridgehead atoms. The maximum atomic E-state index is 4.42. The first-order valence-electron chi connectivity index (χ1n) is 8.37. The van der Waals surface area contributed by atoms with Gasteiger partial charge < -0.3 is 0 Å². The molecule has 1 aromatic rings. The first kappa shape index (κ1) is 23.8. The third kappa shape index (κ3) is 12.8. The van der Waals surface area contributed by atoms with Crippen LogP contribution in [0.5, 0.6) is 0 Å². The number of halogens is 2. The first-order valence-corrected chi connectivity index (χ1v) is 11.1. The Bertz CT molecular complexity index is 525. The summed E-state index contributed by atoms with van der Waals surface area (Å²) < 4.78 is 0. The number of allylic oxidation sites excluding steroid dienone is 3. The quantitative estimate of drug-likeness (QED) is 0.123. The van der Waals surface area contributed by atoms with Crippen molar-refractivity contribution in [3.63, 3.8) is 0 Å². The second-order valence-corrected chi connectivity index (χ2v) is 5.93. The maximum absolute atomic E-state index is 4.42. The smallest absolute Gasteiger partial charge is 0.0590 e. The van der Waals surface area contributed by atoms with Crippen molar-refractivity contribution in [1.82, 2.24) is 0 Å². The average Bonchev–Trinajstić information content (AvgIpc) is 2.68. The Labute approximate surface area is 169 Å². The minimum Gasteiger partial charge on any atom is -0.293 e. The van der Waals surface area contributed by atoms with E-state index in [9.17, 15) is 0 Å². The van der Waals surface area contributed by atoms with Gasteiger partial charge in [-0.05, 0) is 42.5 Å². The van der Waals surface area contributed by atoms with E-state index < -0.39 is 0 Å². The van der Waals surface area contributed by atoms with E-state index in [1.54, 1.807) is 12.3 Å². The van der Waals surface area contributed by atoms with Gasteiger partial charge in [-0.2, -0.15) is 5.10 Å². The number of hydrogen-bond donors (Lipinski definition) is 0. The van der Waals surface area contributed by atoms with Gasteiger partial charge in [0.05, 0.1) is 11.9 Å². The van der Waals surface area contributed by atoms with Crippen LogP contribution in [0.25, 0.3) is 0 Å². The second-order valence-electron chi connectivity index (χ2n) is 5.13. The molecule has 1 aromatic carbocycles. The van der Waals surface area contributed by atoms with E-state index in [4.69, 9.17) is 0 Å². The van der Waals surface area contributed by atoms with Gasteiger partial charge in [-0.1, -0.05) is 75.6 Å². The number of nitrogens with zero attached hydrogens (tertiary/aromatic N) is 3. The molecule has 0 aliphatic rings. The summed E-state index contributed by atoms with van der Waals surface area (Å²) in [6.07, 6.45) is 12.3. The number of hydrogen-bond acceptors (Lipinski definition) is 3. The van der Waals surface area contributed by atoms with Gasteiger partial charge in [-0.3, -0.25) is 10.0 Å². The Morgan fingerprint density at radius 2 is 1.80 bits per heavy atom. The van der Waals surface area contributed by atoms with Gasteiger partial charge in [0, 0.05) is 25.1 Å². The van der Waals surface area contributed by atoms with Crippen LogP contribution in [0.4, 0.5) is 5.69 Å². The third-order valence-electron chi connectivity index (χ3n) is 3.29. The summed E-state index contributed by atoms with van der Waals surface area (Å²) in [4.78, 5) is 4.41. The number of aliphatic imine (C=N–C) groups is 1. The predicted molar refractivity (Wildman–Crippen MR) is 122 cm³/mol. The van der Waals surface area contributed by atoms with Gasteiger partial charge in [0.25, 0.3) is 0 Å². The lowest BCUT2D eigenvalue weighted by Crippen LogP contribution is -2.08. The highest BCUT2D eigenvalue weighted by Gasteiger charge is 1.95. The van der Waals surface area contributed by atoms with E-state index in [1.165, 1.54) is 19.3 Å². The molecular formula is C20H29Br2N3. The van der Waals surface area contributed by atoms with Crippen molar-refractivity contribution in [2.75, 3.05) is 29.8 Å². The second kappa shape index (κ2) is 17.6. The fourth-order valence-electron chi connectivity index (χ4n) is 1.89. The Hall–Kier alpha value is -1.20. The minimum absolute atomic E-state index is 0.879. The van der Waals surface area contributed by atoms with Gasteiger partial charge in [0.1, 0.15) is 0 Å². The molecule has 1 rings (SSSR count). The van der Waals surface area contributed by atoms with Gasteiger partial charge >= 0.3 is 0 Å². The minimum atomic E-state index is 0.879. The van der Waals surface area contributed by atoms with Crippen molar-refractivity contribution < 1.29 is 0 Å². The highest BCUT2D eigenvalue weighted by Crippen LogP contribution is 2.10. The van der Waals surface area contributed by atoms with Crippen LogP contribution in [0.15, 0.2) is 64.7 Å². The molecular weight excluding hydrogens is 442 g/mol. The van der Waals surface area contributed by atoms with E-state index >= 15 is 0 Å². The van der Waals surface area contributed by atoms with Crippen molar-refractivity contribution in [2.24, 2.45) is 10.1 Å². The van der Waals surface area contributed by atoms with Crippen molar-refractivity contribution in [2.45, 2.75) is 25.7 Å². The Morgan fingerprint density at radius 3 is 2.44 bits per heavy atom. The summed E-state index contributed by atoms with van der Waals surface area (Å²) in [6, 6.07) is 10.0. The van der Waals surface area contributed by atoms with Gasteiger partial charge in [-0.25, -0.2) is 0 Å². The SMILES string of the molecule is C=CC(/C=N/N(C)c1ccccc1)=C\C=NCCCCCCBr.CBr. The van der Waals surface area contributed by atoms with Crippen LogP contribution in [-0.2, 0) is 0 Å².